The van der Waals surface area contributed by atoms with Crippen molar-refractivity contribution < 1.29 is 14.7 Å². The van der Waals surface area contributed by atoms with E-state index in [1.807, 2.05) is 12.1 Å². The summed E-state index contributed by atoms with van der Waals surface area (Å²) in [5.74, 6) is -0.825. The highest BCUT2D eigenvalue weighted by atomic mass is 16.4. The number of pyridine rings is 1. The molecule has 3 rings (SSSR count). The van der Waals surface area contributed by atoms with Crippen LogP contribution in [0.25, 0.3) is 0 Å². The molecule has 0 aliphatic carbocycles. The van der Waals surface area contributed by atoms with E-state index in [9.17, 15) is 14.4 Å². The molecule has 1 saturated heterocycles. The van der Waals surface area contributed by atoms with Crippen LogP contribution < -0.4 is 5.56 Å². The second-order valence-electron chi connectivity index (χ2n) is 6.27. The van der Waals surface area contributed by atoms with Crippen LogP contribution in [0.2, 0.25) is 0 Å². The van der Waals surface area contributed by atoms with Crippen LogP contribution in [0.4, 0.5) is 0 Å². The van der Waals surface area contributed by atoms with Crippen LogP contribution in [0.5, 0.6) is 0 Å². The first-order valence-corrected chi connectivity index (χ1v) is 8.31. The Bertz CT molecular complexity index is 826. The van der Waals surface area contributed by atoms with Crippen LogP contribution in [-0.4, -0.2) is 39.5 Å². The molecule has 1 atom stereocenters. The predicted octanol–water partition coefficient (Wildman–Crippen LogP) is 1.95. The first-order valence-electron chi connectivity index (χ1n) is 8.31. The highest BCUT2D eigenvalue weighted by Gasteiger charge is 2.25. The number of carbonyl (C=O) groups is 2. The maximum absolute atomic E-state index is 12.5. The molecule has 1 aromatic carbocycles. The summed E-state index contributed by atoms with van der Waals surface area (Å²) in [4.78, 5) is 37.0. The minimum atomic E-state index is -0.944. The lowest BCUT2D eigenvalue weighted by molar-refractivity contribution is -0.133. The van der Waals surface area contributed by atoms with Gasteiger partial charge in [-0.3, -0.25) is 9.59 Å². The van der Waals surface area contributed by atoms with Gasteiger partial charge in [0.15, 0.2) is 0 Å². The number of likely N-dealkylation sites (tertiary alicyclic amines) is 1. The molecule has 1 aliphatic rings. The van der Waals surface area contributed by atoms with E-state index < -0.39 is 5.97 Å². The molecular formula is C19H20N2O4. The Morgan fingerprint density at radius 2 is 1.88 bits per heavy atom. The lowest BCUT2D eigenvalue weighted by atomic mass is 9.90. The summed E-state index contributed by atoms with van der Waals surface area (Å²) in [7, 11) is 0. The number of carbonyl (C=O) groups excluding carboxylic acids is 1. The van der Waals surface area contributed by atoms with Crippen molar-refractivity contribution in [2.45, 2.75) is 25.3 Å². The second kappa shape index (κ2) is 7.34. The number of nitrogens with zero attached hydrogens (tertiary/aromatic N) is 2. The van der Waals surface area contributed by atoms with E-state index in [2.05, 4.69) is 0 Å². The molecule has 1 amide bonds. The van der Waals surface area contributed by atoms with Crippen LogP contribution >= 0.6 is 0 Å². The lowest BCUT2D eigenvalue weighted by Gasteiger charge is -2.33. The van der Waals surface area contributed by atoms with Crippen molar-refractivity contribution in [3.63, 3.8) is 0 Å². The van der Waals surface area contributed by atoms with Gasteiger partial charge >= 0.3 is 5.97 Å². The third kappa shape index (κ3) is 3.96. The van der Waals surface area contributed by atoms with Gasteiger partial charge in [-0.15, -0.1) is 0 Å². The molecule has 6 nitrogen and oxygen atoms in total. The molecule has 130 valence electrons. The fraction of sp³-hybridized carbons (Fsp3) is 0.316. The number of carboxylic acids is 1. The van der Waals surface area contributed by atoms with Crippen LogP contribution in [0.15, 0.2) is 53.5 Å². The van der Waals surface area contributed by atoms with Crippen molar-refractivity contribution in [3.8, 4) is 0 Å². The van der Waals surface area contributed by atoms with Crippen molar-refractivity contribution in [2.24, 2.45) is 0 Å². The van der Waals surface area contributed by atoms with Crippen molar-refractivity contribution in [1.82, 2.24) is 9.47 Å². The first kappa shape index (κ1) is 17.0. The SMILES string of the molecule is O=C(O)c1ccc(C2CCCN(C(=O)Cn3ccccc3=O)C2)cc1. The number of aromatic nitrogens is 1. The summed E-state index contributed by atoms with van der Waals surface area (Å²) < 4.78 is 1.41. The van der Waals surface area contributed by atoms with E-state index >= 15 is 0 Å². The molecular weight excluding hydrogens is 320 g/mol. The standard InChI is InChI=1S/C19H20N2O4/c22-17-5-1-2-10-21(17)13-18(23)20-11-3-4-16(12-20)14-6-8-15(9-7-14)19(24)25/h1-2,5-10,16H,3-4,11-13H2,(H,24,25). The Kier molecular flexibility index (Phi) is 4.97. The topological polar surface area (TPSA) is 79.6 Å². The Hall–Kier alpha value is -2.89. The number of carboxylic acid groups (broad SMARTS) is 1. The van der Waals surface area contributed by atoms with Gasteiger partial charge in [-0.1, -0.05) is 18.2 Å². The molecule has 0 radical (unpaired) electrons. The zero-order valence-electron chi connectivity index (χ0n) is 13.8. The molecule has 25 heavy (non-hydrogen) atoms. The monoisotopic (exact) mass is 340 g/mol. The summed E-state index contributed by atoms with van der Waals surface area (Å²) in [6.07, 6.45) is 3.47. The molecule has 1 unspecified atom stereocenters. The van der Waals surface area contributed by atoms with E-state index in [-0.39, 0.29) is 29.5 Å². The quantitative estimate of drug-likeness (QED) is 0.923. The average Bonchev–Trinajstić information content (AvgIpc) is 2.64. The van der Waals surface area contributed by atoms with Crippen molar-refractivity contribution in [2.75, 3.05) is 13.1 Å². The predicted molar refractivity (Wildman–Crippen MR) is 92.7 cm³/mol. The van der Waals surface area contributed by atoms with Crippen LogP contribution in [0, 0.1) is 0 Å². The van der Waals surface area contributed by atoms with Gasteiger partial charge < -0.3 is 14.6 Å². The van der Waals surface area contributed by atoms with E-state index in [1.165, 1.54) is 10.6 Å². The Morgan fingerprint density at radius 3 is 2.56 bits per heavy atom. The van der Waals surface area contributed by atoms with E-state index in [1.54, 1.807) is 35.4 Å². The maximum Gasteiger partial charge on any atom is 0.335 e. The van der Waals surface area contributed by atoms with Gasteiger partial charge in [0, 0.05) is 31.3 Å². The fourth-order valence-corrected chi connectivity index (χ4v) is 3.21. The number of benzene rings is 1. The van der Waals surface area contributed by atoms with Crippen molar-refractivity contribution >= 4 is 11.9 Å². The third-order valence-electron chi connectivity index (χ3n) is 4.61. The normalized spacial score (nSPS) is 17.3. The van der Waals surface area contributed by atoms with Crippen LogP contribution in [-0.2, 0) is 11.3 Å². The number of rotatable bonds is 4. The summed E-state index contributed by atoms with van der Waals surface area (Å²) in [6, 6.07) is 11.7. The number of hydrogen-bond acceptors (Lipinski definition) is 3. The fourth-order valence-electron chi connectivity index (χ4n) is 3.21. The molecule has 6 heteroatoms. The molecule has 0 spiro atoms. The highest BCUT2D eigenvalue weighted by molar-refractivity contribution is 5.87. The van der Waals surface area contributed by atoms with Gasteiger partial charge in [-0.05, 0) is 36.6 Å². The maximum atomic E-state index is 12.5. The first-order chi connectivity index (χ1) is 12.0. The van der Waals surface area contributed by atoms with E-state index in [0.717, 1.165) is 18.4 Å². The van der Waals surface area contributed by atoms with Gasteiger partial charge in [0.1, 0.15) is 6.54 Å². The molecule has 1 N–H and O–H groups in total. The Balaban J connectivity index is 1.68. The number of amides is 1. The van der Waals surface area contributed by atoms with Crippen LogP contribution in [0.1, 0.15) is 34.7 Å². The smallest absolute Gasteiger partial charge is 0.335 e. The van der Waals surface area contributed by atoms with Gasteiger partial charge in [0.25, 0.3) is 5.56 Å². The zero-order valence-corrected chi connectivity index (χ0v) is 13.8. The molecule has 1 aliphatic heterocycles. The van der Waals surface area contributed by atoms with E-state index in [4.69, 9.17) is 5.11 Å². The summed E-state index contributed by atoms with van der Waals surface area (Å²) >= 11 is 0. The summed E-state index contributed by atoms with van der Waals surface area (Å²) in [5.41, 5.74) is 1.11. The molecule has 1 aromatic heterocycles. The largest absolute Gasteiger partial charge is 0.478 e. The molecule has 0 bridgehead atoms. The van der Waals surface area contributed by atoms with Crippen molar-refractivity contribution in [3.05, 3.63) is 70.1 Å². The van der Waals surface area contributed by atoms with E-state index in [0.29, 0.717) is 13.1 Å². The Labute approximate surface area is 145 Å². The average molecular weight is 340 g/mol. The summed E-state index contributed by atoms with van der Waals surface area (Å²) in [6.45, 7) is 1.32. The Morgan fingerprint density at radius 1 is 1.12 bits per heavy atom. The second-order valence-corrected chi connectivity index (χ2v) is 6.27. The minimum absolute atomic E-state index is 0.0460. The molecule has 1 fully saturated rings. The van der Waals surface area contributed by atoms with Gasteiger partial charge in [0.05, 0.1) is 5.56 Å². The van der Waals surface area contributed by atoms with Crippen molar-refractivity contribution in [1.29, 1.82) is 0 Å². The zero-order chi connectivity index (χ0) is 17.8. The third-order valence-corrected chi connectivity index (χ3v) is 4.61. The summed E-state index contributed by atoms with van der Waals surface area (Å²) in [5, 5.41) is 8.98. The minimum Gasteiger partial charge on any atom is -0.478 e. The molecule has 0 saturated carbocycles. The number of piperidine rings is 1. The van der Waals surface area contributed by atoms with Gasteiger partial charge in [0.2, 0.25) is 5.91 Å². The highest BCUT2D eigenvalue weighted by Crippen LogP contribution is 2.27. The van der Waals surface area contributed by atoms with Gasteiger partial charge in [-0.25, -0.2) is 4.79 Å². The molecule has 2 aromatic rings. The number of hydrogen-bond donors (Lipinski definition) is 1. The number of aromatic carboxylic acids is 1. The lowest BCUT2D eigenvalue weighted by Crippen LogP contribution is -2.42. The van der Waals surface area contributed by atoms with Crippen LogP contribution in [0.3, 0.4) is 0 Å². The van der Waals surface area contributed by atoms with Gasteiger partial charge in [-0.2, -0.15) is 0 Å². The molecule has 2 heterocycles.